The molecule has 150 valence electrons. The predicted molar refractivity (Wildman–Crippen MR) is 116 cm³/mol. The lowest BCUT2D eigenvalue weighted by molar-refractivity contribution is -0.117. The number of hydrogen-bond donors (Lipinski definition) is 2. The Labute approximate surface area is 171 Å². The molecule has 0 bridgehead atoms. The smallest absolute Gasteiger partial charge is 0.227 e. The largest absolute Gasteiger partial charge is 0.356 e. The molecule has 1 fully saturated rings. The van der Waals surface area contributed by atoms with E-state index in [1.54, 1.807) is 18.4 Å². The molecular weight excluding hydrogens is 370 g/mol. The molecular formula is C21H29N5OS. The molecule has 0 radical (unpaired) electrons. The summed E-state index contributed by atoms with van der Waals surface area (Å²) in [7, 11) is 1.78. The first kappa shape index (κ1) is 20.3. The second-order valence-corrected chi connectivity index (χ2v) is 8.17. The molecule has 2 heterocycles. The van der Waals surface area contributed by atoms with Crippen molar-refractivity contribution in [3.8, 4) is 0 Å². The van der Waals surface area contributed by atoms with Crippen LogP contribution in [0, 0.1) is 6.92 Å². The zero-order valence-corrected chi connectivity index (χ0v) is 17.7. The van der Waals surface area contributed by atoms with Crippen molar-refractivity contribution >= 4 is 28.9 Å². The highest BCUT2D eigenvalue weighted by Gasteiger charge is 2.21. The van der Waals surface area contributed by atoms with E-state index < -0.39 is 0 Å². The minimum absolute atomic E-state index is 0.219. The maximum absolute atomic E-state index is 11.8. The fourth-order valence-electron chi connectivity index (χ4n) is 3.33. The molecule has 1 amide bonds. The van der Waals surface area contributed by atoms with Crippen molar-refractivity contribution in [2.24, 2.45) is 4.99 Å². The van der Waals surface area contributed by atoms with Crippen LogP contribution in [0.1, 0.15) is 40.9 Å². The number of carbonyl (C=O) groups excluding carboxylic acids is 1. The summed E-state index contributed by atoms with van der Waals surface area (Å²) in [5.74, 6) is 1.000. The number of benzene rings is 1. The van der Waals surface area contributed by atoms with Crippen molar-refractivity contribution in [1.29, 1.82) is 0 Å². The van der Waals surface area contributed by atoms with Crippen molar-refractivity contribution in [3.05, 3.63) is 45.4 Å². The van der Waals surface area contributed by atoms with Gasteiger partial charge in [0, 0.05) is 50.1 Å². The molecule has 1 saturated heterocycles. The average molecular weight is 400 g/mol. The first-order valence-corrected chi connectivity index (χ1v) is 10.7. The van der Waals surface area contributed by atoms with E-state index in [1.165, 1.54) is 15.6 Å². The molecule has 2 N–H and O–H groups in total. The summed E-state index contributed by atoms with van der Waals surface area (Å²) in [5.41, 5.74) is 3.35. The fourth-order valence-corrected chi connectivity index (χ4v) is 4.35. The van der Waals surface area contributed by atoms with Gasteiger partial charge in [-0.1, -0.05) is 19.1 Å². The minimum Gasteiger partial charge on any atom is -0.356 e. The number of nitrogens with zero attached hydrogens (tertiary/aromatic N) is 3. The molecule has 1 aromatic carbocycles. The second kappa shape index (κ2) is 9.68. The Morgan fingerprint density at radius 1 is 1.29 bits per heavy atom. The molecule has 1 aromatic heterocycles. The fraction of sp³-hybridized carbons (Fsp3) is 0.476. The standard InChI is InChI=1S/C21H29N5OS/c1-4-18-15(2)28-19(25-18)11-12-23-21(22-3)24-14-16-7-9-17(10-8-16)26-13-5-6-20(26)27/h7-10H,4-6,11-14H2,1-3H3,(H2,22,23,24). The number of aliphatic imine (C=N–C) groups is 1. The van der Waals surface area contributed by atoms with E-state index in [2.05, 4.69) is 46.6 Å². The predicted octanol–water partition coefficient (Wildman–Crippen LogP) is 3.05. The van der Waals surface area contributed by atoms with Gasteiger partial charge in [0.25, 0.3) is 0 Å². The number of aromatic nitrogens is 1. The third-order valence-electron chi connectivity index (χ3n) is 4.91. The van der Waals surface area contributed by atoms with Crippen LogP contribution in [-0.2, 0) is 24.2 Å². The van der Waals surface area contributed by atoms with Crippen LogP contribution in [0.3, 0.4) is 0 Å². The highest BCUT2D eigenvalue weighted by atomic mass is 32.1. The minimum atomic E-state index is 0.219. The van der Waals surface area contributed by atoms with Gasteiger partial charge in [0.15, 0.2) is 5.96 Å². The number of thiazole rings is 1. The molecule has 0 saturated carbocycles. The summed E-state index contributed by atoms with van der Waals surface area (Å²) in [6, 6.07) is 8.16. The van der Waals surface area contributed by atoms with Crippen molar-refractivity contribution < 1.29 is 4.79 Å². The van der Waals surface area contributed by atoms with E-state index in [1.807, 2.05) is 17.0 Å². The molecule has 1 aliphatic heterocycles. The Balaban J connectivity index is 1.45. The van der Waals surface area contributed by atoms with Crippen molar-refractivity contribution in [1.82, 2.24) is 15.6 Å². The first-order valence-electron chi connectivity index (χ1n) is 9.89. The first-order chi connectivity index (χ1) is 13.6. The monoisotopic (exact) mass is 399 g/mol. The van der Waals surface area contributed by atoms with E-state index >= 15 is 0 Å². The highest BCUT2D eigenvalue weighted by Crippen LogP contribution is 2.21. The Kier molecular flexibility index (Phi) is 7.03. The number of hydrogen-bond acceptors (Lipinski definition) is 4. The van der Waals surface area contributed by atoms with Crippen LogP contribution in [-0.4, -0.2) is 37.0 Å². The lowest BCUT2D eigenvalue weighted by atomic mass is 10.2. The number of nitrogens with one attached hydrogen (secondary N) is 2. The molecule has 28 heavy (non-hydrogen) atoms. The van der Waals surface area contributed by atoms with Gasteiger partial charge >= 0.3 is 0 Å². The van der Waals surface area contributed by atoms with Gasteiger partial charge in [-0.2, -0.15) is 0 Å². The molecule has 2 aromatic rings. The van der Waals surface area contributed by atoms with E-state index in [4.69, 9.17) is 0 Å². The molecule has 0 atom stereocenters. The molecule has 6 nitrogen and oxygen atoms in total. The molecule has 0 aliphatic carbocycles. The summed E-state index contributed by atoms with van der Waals surface area (Å²) in [6.45, 7) is 6.59. The van der Waals surface area contributed by atoms with Crippen LogP contribution in [0.5, 0.6) is 0 Å². The Bertz CT molecular complexity index is 828. The lowest BCUT2D eigenvalue weighted by Crippen LogP contribution is -2.37. The Morgan fingerprint density at radius 2 is 2.07 bits per heavy atom. The van der Waals surface area contributed by atoms with Gasteiger partial charge in [-0.05, 0) is 37.5 Å². The molecule has 7 heteroatoms. The normalized spacial score (nSPS) is 14.6. The van der Waals surface area contributed by atoms with Gasteiger partial charge < -0.3 is 15.5 Å². The maximum Gasteiger partial charge on any atom is 0.227 e. The molecule has 0 unspecified atom stereocenters. The van der Waals surface area contributed by atoms with Crippen LogP contribution < -0.4 is 15.5 Å². The highest BCUT2D eigenvalue weighted by molar-refractivity contribution is 7.11. The van der Waals surface area contributed by atoms with Crippen LogP contribution in [0.2, 0.25) is 0 Å². The number of rotatable bonds is 7. The second-order valence-electron chi connectivity index (χ2n) is 6.88. The quantitative estimate of drug-likeness (QED) is 0.555. The summed E-state index contributed by atoms with van der Waals surface area (Å²) >= 11 is 1.78. The third kappa shape index (κ3) is 5.10. The maximum atomic E-state index is 11.8. The van der Waals surface area contributed by atoms with Crippen LogP contribution in [0.4, 0.5) is 5.69 Å². The summed E-state index contributed by atoms with van der Waals surface area (Å²) < 4.78 is 0. The van der Waals surface area contributed by atoms with Gasteiger partial charge in [-0.15, -0.1) is 11.3 Å². The van der Waals surface area contributed by atoms with Crippen molar-refractivity contribution in [2.45, 2.75) is 46.1 Å². The number of carbonyl (C=O) groups is 1. The topological polar surface area (TPSA) is 69.6 Å². The average Bonchev–Trinajstić information content (AvgIpc) is 3.30. The van der Waals surface area contributed by atoms with Gasteiger partial charge in [-0.3, -0.25) is 9.79 Å². The van der Waals surface area contributed by atoms with E-state index in [0.29, 0.717) is 13.0 Å². The third-order valence-corrected chi connectivity index (χ3v) is 5.98. The van der Waals surface area contributed by atoms with E-state index in [0.717, 1.165) is 49.6 Å². The summed E-state index contributed by atoms with van der Waals surface area (Å²) in [6.07, 6.45) is 3.49. The summed E-state index contributed by atoms with van der Waals surface area (Å²) in [4.78, 5) is 24.0. The van der Waals surface area contributed by atoms with E-state index in [-0.39, 0.29) is 5.91 Å². The molecule has 3 rings (SSSR count). The van der Waals surface area contributed by atoms with Crippen LogP contribution in [0.25, 0.3) is 0 Å². The lowest BCUT2D eigenvalue weighted by Gasteiger charge is -2.16. The van der Waals surface area contributed by atoms with E-state index in [9.17, 15) is 4.79 Å². The van der Waals surface area contributed by atoms with Crippen molar-refractivity contribution in [3.63, 3.8) is 0 Å². The van der Waals surface area contributed by atoms with Crippen LogP contribution >= 0.6 is 11.3 Å². The van der Waals surface area contributed by atoms with Gasteiger partial charge in [0.1, 0.15) is 0 Å². The Morgan fingerprint density at radius 3 is 2.68 bits per heavy atom. The van der Waals surface area contributed by atoms with Crippen LogP contribution in [0.15, 0.2) is 29.3 Å². The molecule has 0 spiro atoms. The SMILES string of the molecule is CCc1nc(CCNC(=NC)NCc2ccc(N3CCCC3=O)cc2)sc1C. The molecule has 1 aliphatic rings. The zero-order chi connectivity index (χ0) is 19.9. The number of guanidine groups is 1. The number of aryl methyl sites for hydroxylation is 2. The zero-order valence-electron chi connectivity index (χ0n) is 16.9. The summed E-state index contributed by atoms with van der Waals surface area (Å²) in [5, 5.41) is 7.86. The number of anilines is 1. The van der Waals surface area contributed by atoms with Gasteiger partial charge in [0.05, 0.1) is 10.7 Å². The van der Waals surface area contributed by atoms with Crippen molar-refractivity contribution in [2.75, 3.05) is 25.0 Å². The Hall–Kier alpha value is -2.41. The number of amides is 1. The van der Waals surface area contributed by atoms with Gasteiger partial charge in [-0.25, -0.2) is 4.98 Å². The van der Waals surface area contributed by atoms with Gasteiger partial charge in [0.2, 0.25) is 5.91 Å².